The molecule has 7 heteroatoms. The molecule has 1 amide bonds. The molecule has 0 aliphatic carbocycles. The number of nitrogens with zero attached hydrogens (tertiary/aromatic N) is 5. The molecular weight excluding hydrogens is 280 g/mol. The van der Waals surface area contributed by atoms with Crippen LogP contribution in [0.2, 0.25) is 0 Å². The van der Waals surface area contributed by atoms with Gasteiger partial charge in [0.05, 0.1) is 18.8 Å². The summed E-state index contributed by atoms with van der Waals surface area (Å²) in [6, 6.07) is 6.22. The van der Waals surface area contributed by atoms with Crippen LogP contribution < -0.4 is 5.73 Å². The van der Waals surface area contributed by atoms with E-state index in [1.807, 2.05) is 50.8 Å². The molecule has 2 aromatic rings. The number of para-hydroxylation sites is 1. The Balaban J connectivity index is 2.35. The first-order valence-corrected chi connectivity index (χ1v) is 7.26. The number of aromatic nitrogens is 4. The zero-order chi connectivity index (χ0) is 16.3. The van der Waals surface area contributed by atoms with E-state index >= 15 is 0 Å². The van der Waals surface area contributed by atoms with Gasteiger partial charge in [-0.05, 0) is 49.2 Å². The largest absolute Gasteiger partial charge is 0.369 e. The van der Waals surface area contributed by atoms with E-state index < -0.39 is 0 Å². The Labute approximate surface area is 130 Å². The Bertz CT molecular complexity index is 644. The number of benzene rings is 1. The van der Waals surface area contributed by atoms with Crippen molar-refractivity contribution in [2.75, 3.05) is 6.54 Å². The molecule has 0 unspecified atom stereocenters. The number of rotatable bonds is 6. The zero-order valence-electron chi connectivity index (χ0n) is 13.4. The summed E-state index contributed by atoms with van der Waals surface area (Å²) in [6.07, 6.45) is 0. The van der Waals surface area contributed by atoms with E-state index in [1.165, 1.54) is 0 Å². The summed E-state index contributed by atoms with van der Waals surface area (Å²) in [7, 11) is 0. The lowest BCUT2D eigenvalue weighted by molar-refractivity contribution is -0.119. The average molecular weight is 302 g/mol. The Morgan fingerprint density at radius 2 is 1.95 bits per heavy atom. The van der Waals surface area contributed by atoms with Gasteiger partial charge in [0.1, 0.15) is 0 Å². The number of carbonyl (C=O) groups is 1. The van der Waals surface area contributed by atoms with Crippen LogP contribution in [-0.4, -0.2) is 43.6 Å². The van der Waals surface area contributed by atoms with Crippen molar-refractivity contribution in [1.82, 2.24) is 25.1 Å². The number of tetrazole rings is 1. The number of nitrogens with two attached hydrogens (primary N) is 1. The van der Waals surface area contributed by atoms with Gasteiger partial charge in [0, 0.05) is 6.04 Å². The minimum Gasteiger partial charge on any atom is -0.369 e. The third-order valence-electron chi connectivity index (χ3n) is 3.62. The van der Waals surface area contributed by atoms with Crippen molar-refractivity contribution in [3.63, 3.8) is 0 Å². The Morgan fingerprint density at radius 1 is 1.32 bits per heavy atom. The Kier molecular flexibility index (Phi) is 4.87. The van der Waals surface area contributed by atoms with Crippen molar-refractivity contribution in [2.24, 2.45) is 5.73 Å². The van der Waals surface area contributed by atoms with Crippen LogP contribution in [0.25, 0.3) is 5.69 Å². The van der Waals surface area contributed by atoms with E-state index in [0.717, 1.165) is 16.8 Å². The molecule has 1 heterocycles. The molecule has 2 N–H and O–H groups in total. The van der Waals surface area contributed by atoms with Crippen LogP contribution in [0.5, 0.6) is 0 Å². The molecule has 0 bridgehead atoms. The molecule has 0 spiro atoms. The van der Waals surface area contributed by atoms with Crippen LogP contribution in [0, 0.1) is 13.8 Å². The molecule has 22 heavy (non-hydrogen) atoms. The van der Waals surface area contributed by atoms with Gasteiger partial charge in [0.25, 0.3) is 0 Å². The summed E-state index contributed by atoms with van der Waals surface area (Å²) in [4.78, 5) is 13.2. The van der Waals surface area contributed by atoms with Crippen LogP contribution >= 0.6 is 0 Å². The first-order chi connectivity index (χ1) is 10.4. The summed E-state index contributed by atoms with van der Waals surface area (Å²) in [5.41, 5.74) is 8.49. The molecule has 1 aromatic carbocycles. The van der Waals surface area contributed by atoms with E-state index in [-0.39, 0.29) is 18.5 Å². The summed E-state index contributed by atoms with van der Waals surface area (Å²) >= 11 is 0. The smallest absolute Gasteiger partial charge is 0.231 e. The molecule has 0 atom stereocenters. The fourth-order valence-electron chi connectivity index (χ4n) is 2.42. The van der Waals surface area contributed by atoms with Gasteiger partial charge in [-0.15, -0.1) is 5.10 Å². The van der Waals surface area contributed by atoms with Gasteiger partial charge in [-0.1, -0.05) is 18.2 Å². The quantitative estimate of drug-likeness (QED) is 0.859. The molecule has 0 radical (unpaired) electrons. The molecule has 0 aliphatic heterocycles. The van der Waals surface area contributed by atoms with Gasteiger partial charge >= 0.3 is 0 Å². The average Bonchev–Trinajstić information content (AvgIpc) is 2.85. The second-order valence-corrected chi connectivity index (χ2v) is 5.71. The van der Waals surface area contributed by atoms with Crippen LogP contribution in [0.1, 0.15) is 30.8 Å². The fourth-order valence-corrected chi connectivity index (χ4v) is 2.42. The number of aryl methyl sites for hydroxylation is 2. The maximum absolute atomic E-state index is 11.2. The lowest BCUT2D eigenvalue weighted by Gasteiger charge is -2.24. The van der Waals surface area contributed by atoms with Crippen molar-refractivity contribution in [3.05, 3.63) is 35.2 Å². The Hall–Kier alpha value is -2.28. The van der Waals surface area contributed by atoms with E-state index in [4.69, 9.17) is 5.73 Å². The predicted octanol–water partition coefficient (Wildman–Crippen LogP) is 0.975. The number of hydrogen-bond donors (Lipinski definition) is 1. The standard InChI is InChI=1S/C15H22N6O/c1-10(2)20(8-13(16)22)9-14-17-18-19-21(14)15-11(3)6-5-7-12(15)4/h5-7,10H,8-9H2,1-4H3,(H2,16,22). The van der Waals surface area contributed by atoms with Crippen molar-refractivity contribution in [1.29, 1.82) is 0 Å². The molecule has 2 rings (SSSR count). The lowest BCUT2D eigenvalue weighted by Crippen LogP contribution is -2.38. The van der Waals surface area contributed by atoms with Crippen LogP contribution in [0.15, 0.2) is 18.2 Å². The van der Waals surface area contributed by atoms with Crippen LogP contribution in [0.4, 0.5) is 0 Å². The topological polar surface area (TPSA) is 89.9 Å². The third kappa shape index (κ3) is 3.48. The molecule has 118 valence electrons. The number of carbonyl (C=O) groups excluding carboxylic acids is 1. The first-order valence-electron chi connectivity index (χ1n) is 7.26. The van der Waals surface area contributed by atoms with Crippen molar-refractivity contribution in [2.45, 2.75) is 40.3 Å². The highest BCUT2D eigenvalue weighted by Crippen LogP contribution is 2.19. The molecule has 7 nitrogen and oxygen atoms in total. The monoisotopic (exact) mass is 302 g/mol. The summed E-state index contributed by atoms with van der Waals surface area (Å²) in [5.74, 6) is 0.326. The van der Waals surface area contributed by atoms with Gasteiger partial charge in [-0.3, -0.25) is 9.69 Å². The van der Waals surface area contributed by atoms with Gasteiger partial charge in [0.2, 0.25) is 5.91 Å². The van der Waals surface area contributed by atoms with Crippen molar-refractivity contribution < 1.29 is 4.79 Å². The minimum atomic E-state index is -0.361. The summed E-state index contributed by atoms with van der Waals surface area (Å²) < 4.78 is 1.74. The first kappa shape index (κ1) is 16.1. The van der Waals surface area contributed by atoms with Gasteiger partial charge in [-0.2, -0.15) is 4.68 Å². The second kappa shape index (κ2) is 6.65. The molecular formula is C15H22N6O. The van der Waals surface area contributed by atoms with Crippen molar-refractivity contribution >= 4 is 5.91 Å². The molecule has 0 saturated carbocycles. The van der Waals surface area contributed by atoms with E-state index in [2.05, 4.69) is 15.5 Å². The van der Waals surface area contributed by atoms with E-state index in [0.29, 0.717) is 12.4 Å². The number of hydrogen-bond acceptors (Lipinski definition) is 5. The fraction of sp³-hybridized carbons (Fsp3) is 0.467. The van der Waals surface area contributed by atoms with Gasteiger partial charge < -0.3 is 5.73 Å². The normalized spacial score (nSPS) is 11.4. The molecule has 0 aliphatic rings. The predicted molar refractivity (Wildman–Crippen MR) is 83.4 cm³/mol. The maximum Gasteiger partial charge on any atom is 0.231 e. The van der Waals surface area contributed by atoms with E-state index in [9.17, 15) is 4.79 Å². The van der Waals surface area contributed by atoms with Crippen LogP contribution in [-0.2, 0) is 11.3 Å². The minimum absolute atomic E-state index is 0.163. The molecule has 0 saturated heterocycles. The van der Waals surface area contributed by atoms with Gasteiger partial charge in [0.15, 0.2) is 5.82 Å². The third-order valence-corrected chi connectivity index (χ3v) is 3.62. The second-order valence-electron chi connectivity index (χ2n) is 5.71. The zero-order valence-corrected chi connectivity index (χ0v) is 13.4. The van der Waals surface area contributed by atoms with E-state index in [1.54, 1.807) is 4.68 Å². The van der Waals surface area contributed by atoms with Crippen LogP contribution in [0.3, 0.4) is 0 Å². The number of primary amides is 1. The lowest BCUT2D eigenvalue weighted by atomic mass is 10.1. The van der Waals surface area contributed by atoms with Crippen molar-refractivity contribution in [3.8, 4) is 5.69 Å². The SMILES string of the molecule is Cc1cccc(C)c1-n1nnnc1CN(CC(N)=O)C(C)C. The summed E-state index contributed by atoms with van der Waals surface area (Å²) in [5, 5.41) is 12.0. The highest BCUT2D eigenvalue weighted by molar-refractivity contribution is 5.75. The molecule has 1 aromatic heterocycles. The Morgan fingerprint density at radius 3 is 2.50 bits per heavy atom. The highest BCUT2D eigenvalue weighted by Gasteiger charge is 2.19. The number of amides is 1. The highest BCUT2D eigenvalue weighted by atomic mass is 16.1. The molecule has 0 fully saturated rings. The van der Waals surface area contributed by atoms with Gasteiger partial charge in [-0.25, -0.2) is 0 Å². The summed E-state index contributed by atoms with van der Waals surface area (Å²) in [6.45, 7) is 8.71. The maximum atomic E-state index is 11.2.